The first kappa shape index (κ1) is 13.1. The van der Waals surface area contributed by atoms with Gasteiger partial charge in [-0.25, -0.2) is 0 Å². The third kappa shape index (κ3) is 2.18. The molecule has 0 radical (unpaired) electrons. The van der Waals surface area contributed by atoms with Crippen molar-refractivity contribution in [2.75, 3.05) is 26.3 Å². The van der Waals surface area contributed by atoms with Crippen molar-refractivity contribution < 1.29 is 9.47 Å². The highest BCUT2D eigenvalue weighted by molar-refractivity contribution is 6.32. The third-order valence-corrected chi connectivity index (χ3v) is 3.71. The van der Waals surface area contributed by atoms with E-state index in [0.717, 1.165) is 5.56 Å². The summed E-state index contributed by atoms with van der Waals surface area (Å²) < 4.78 is 11.1. The molecule has 0 bridgehead atoms. The normalized spacial score (nSPS) is 20.8. The van der Waals surface area contributed by atoms with Crippen molar-refractivity contribution in [1.82, 2.24) is 4.90 Å². The summed E-state index contributed by atoms with van der Waals surface area (Å²) in [6, 6.07) is 3.90. The van der Waals surface area contributed by atoms with Crippen molar-refractivity contribution in [2.45, 2.75) is 6.04 Å². The maximum Gasteiger partial charge on any atom is 0.192 e. The van der Waals surface area contributed by atoms with Crippen LogP contribution in [-0.2, 0) is 0 Å². The molecule has 20 heavy (non-hydrogen) atoms. The van der Waals surface area contributed by atoms with E-state index in [-0.39, 0.29) is 6.04 Å². The maximum absolute atomic E-state index is 6.27. The first-order chi connectivity index (χ1) is 9.70. The number of rotatable bonds is 3. The maximum atomic E-state index is 6.27. The largest absolute Gasteiger partial charge is 0.486 e. The lowest BCUT2D eigenvalue weighted by atomic mass is 10.1. The molecule has 1 aromatic rings. The molecule has 1 aromatic carbocycles. The lowest BCUT2D eigenvalue weighted by Crippen LogP contribution is -2.36. The summed E-state index contributed by atoms with van der Waals surface area (Å²) in [6.07, 6.45) is 1.81. The molecule has 2 aliphatic rings. The van der Waals surface area contributed by atoms with Gasteiger partial charge in [0.2, 0.25) is 0 Å². The molecule has 0 amide bonds. The fourth-order valence-electron chi connectivity index (χ4n) is 2.50. The Kier molecular flexibility index (Phi) is 3.44. The van der Waals surface area contributed by atoms with Gasteiger partial charge in [-0.3, -0.25) is 4.99 Å². The van der Waals surface area contributed by atoms with E-state index in [9.17, 15) is 0 Å². The van der Waals surface area contributed by atoms with Gasteiger partial charge in [-0.1, -0.05) is 17.7 Å². The summed E-state index contributed by atoms with van der Waals surface area (Å²) in [5.74, 6) is 1.83. The van der Waals surface area contributed by atoms with Gasteiger partial charge in [-0.15, -0.1) is 6.58 Å². The molecule has 2 N–H and O–H groups in total. The van der Waals surface area contributed by atoms with Crippen LogP contribution in [0.25, 0.3) is 0 Å². The molecule has 1 unspecified atom stereocenters. The molecular weight excluding hydrogens is 278 g/mol. The van der Waals surface area contributed by atoms with E-state index >= 15 is 0 Å². The van der Waals surface area contributed by atoms with Gasteiger partial charge in [-0.05, 0) is 17.7 Å². The van der Waals surface area contributed by atoms with Crippen LogP contribution in [0.1, 0.15) is 11.6 Å². The summed E-state index contributed by atoms with van der Waals surface area (Å²) in [6.45, 7) is 6.06. The molecule has 1 atom stereocenters. The van der Waals surface area contributed by atoms with E-state index in [0.29, 0.717) is 48.8 Å². The Labute approximate surface area is 122 Å². The molecule has 0 aromatic heterocycles. The number of hydrogen-bond donors (Lipinski definition) is 1. The highest BCUT2D eigenvalue weighted by Crippen LogP contribution is 2.41. The SMILES string of the molecule is C=CCN1C(N)=NCC1c1cc(Cl)c2c(c1)OCCO2. The minimum atomic E-state index is 0.0568. The van der Waals surface area contributed by atoms with E-state index in [1.807, 2.05) is 17.0 Å². The van der Waals surface area contributed by atoms with Crippen LogP contribution in [0.15, 0.2) is 29.8 Å². The zero-order valence-electron chi connectivity index (χ0n) is 11.0. The van der Waals surface area contributed by atoms with Gasteiger partial charge in [0.25, 0.3) is 0 Å². The minimum absolute atomic E-state index is 0.0568. The number of ether oxygens (including phenoxy) is 2. The molecule has 6 heteroatoms. The van der Waals surface area contributed by atoms with E-state index < -0.39 is 0 Å². The highest BCUT2D eigenvalue weighted by Gasteiger charge is 2.28. The third-order valence-electron chi connectivity index (χ3n) is 3.43. The fraction of sp³-hybridized carbons (Fsp3) is 0.357. The Morgan fingerprint density at radius 2 is 2.25 bits per heavy atom. The van der Waals surface area contributed by atoms with Gasteiger partial charge in [0, 0.05) is 6.54 Å². The van der Waals surface area contributed by atoms with Crippen LogP contribution >= 0.6 is 11.6 Å². The first-order valence-electron chi connectivity index (χ1n) is 6.47. The van der Waals surface area contributed by atoms with Crippen LogP contribution in [0.3, 0.4) is 0 Å². The van der Waals surface area contributed by atoms with Crippen LogP contribution in [-0.4, -0.2) is 37.2 Å². The van der Waals surface area contributed by atoms with E-state index in [1.54, 1.807) is 6.08 Å². The zero-order valence-corrected chi connectivity index (χ0v) is 11.8. The average Bonchev–Trinajstić information content (AvgIpc) is 2.81. The van der Waals surface area contributed by atoms with Gasteiger partial charge >= 0.3 is 0 Å². The van der Waals surface area contributed by atoms with Crippen molar-refractivity contribution in [3.63, 3.8) is 0 Å². The number of halogens is 1. The number of guanidine groups is 1. The summed E-state index contributed by atoms with van der Waals surface area (Å²) in [4.78, 5) is 6.29. The molecule has 0 aliphatic carbocycles. The van der Waals surface area contributed by atoms with Crippen LogP contribution in [0, 0.1) is 0 Å². The second-order valence-electron chi connectivity index (χ2n) is 4.68. The number of benzene rings is 1. The van der Waals surface area contributed by atoms with Crippen molar-refractivity contribution in [3.8, 4) is 11.5 Å². The summed E-state index contributed by atoms with van der Waals surface area (Å²) in [5.41, 5.74) is 6.93. The lowest BCUT2D eigenvalue weighted by molar-refractivity contribution is 0.171. The number of hydrogen-bond acceptors (Lipinski definition) is 5. The van der Waals surface area contributed by atoms with Crippen molar-refractivity contribution in [1.29, 1.82) is 0 Å². The summed E-state index contributed by atoms with van der Waals surface area (Å²) in [5, 5.41) is 0.557. The van der Waals surface area contributed by atoms with Gasteiger partial charge in [0.05, 0.1) is 17.6 Å². The molecule has 0 saturated carbocycles. The van der Waals surface area contributed by atoms with Crippen LogP contribution in [0.5, 0.6) is 11.5 Å². The Balaban J connectivity index is 1.94. The topological polar surface area (TPSA) is 60.1 Å². The van der Waals surface area contributed by atoms with E-state index in [1.165, 1.54) is 0 Å². The van der Waals surface area contributed by atoms with Gasteiger partial charge in [0.15, 0.2) is 17.5 Å². The highest BCUT2D eigenvalue weighted by atomic mass is 35.5. The average molecular weight is 294 g/mol. The molecule has 2 aliphatic heterocycles. The number of nitrogens with two attached hydrogens (primary N) is 1. The van der Waals surface area contributed by atoms with Crippen LogP contribution < -0.4 is 15.2 Å². The Bertz CT molecular complexity index is 574. The number of nitrogens with zero attached hydrogens (tertiary/aromatic N) is 2. The monoisotopic (exact) mass is 293 g/mol. The minimum Gasteiger partial charge on any atom is -0.486 e. The fourth-order valence-corrected chi connectivity index (χ4v) is 2.77. The van der Waals surface area contributed by atoms with E-state index in [4.69, 9.17) is 26.8 Å². The molecular formula is C14H16ClN3O2. The Morgan fingerprint density at radius 3 is 3.05 bits per heavy atom. The van der Waals surface area contributed by atoms with Crippen LogP contribution in [0.4, 0.5) is 0 Å². The Morgan fingerprint density at radius 1 is 1.45 bits per heavy atom. The van der Waals surface area contributed by atoms with Gasteiger partial charge in [0.1, 0.15) is 13.2 Å². The van der Waals surface area contributed by atoms with Gasteiger partial charge < -0.3 is 20.1 Å². The van der Waals surface area contributed by atoms with E-state index in [2.05, 4.69) is 11.6 Å². The lowest BCUT2D eigenvalue weighted by Gasteiger charge is -2.27. The number of fused-ring (bicyclic) bond motifs is 1. The molecule has 0 fully saturated rings. The van der Waals surface area contributed by atoms with Crippen molar-refractivity contribution in [3.05, 3.63) is 35.4 Å². The molecule has 5 nitrogen and oxygen atoms in total. The smallest absolute Gasteiger partial charge is 0.192 e. The molecule has 3 rings (SSSR count). The second kappa shape index (κ2) is 5.25. The molecule has 0 saturated heterocycles. The van der Waals surface area contributed by atoms with Gasteiger partial charge in [-0.2, -0.15) is 0 Å². The standard InChI is InChI=1S/C14H16ClN3O2/c1-2-3-18-11(8-17-14(18)16)9-6-10(15)13-12(7-9)19-4-5-20-13/h2,6-7,11H,1,3-5,8H2,(H2,16,17). The van der Waals surface area contributed by atoms with Crippen molar-refractivity contribution in [2.24, 2.45) is 10.7 Å². The Hall–Kier alpha value is -1.88. The summed E-state index contributed by atoms with van der Waals surface area (Å²) >= 11 is 6.27. The molecule has 106 valence electrons. The molecule has 0 spiro atoms. The predicted molar refractivity (Wildman–Crippen MR) is 78.6 cm³/mol. The summed E-state index contributed by atoms with van der Waals surface area (Å²) in [7, 11) is 0. The zero-order chi connectivity index (χ0) is 14.1. The predicted octanol–water partition coefficient (Wildman–Crippen LogP) is 1.97. The second-order valence-corrected chi connectivity index (χ2v) is 5.09. The van der Waals surface area contributed by atoms with Crippen molar-refractivity contribution >= 4 is 17.6 Å². The first-order valence-corrected chi connectivity index (χ1v) is 6.85. The quantitative estimate of drug-likeness (QED) is 0.866. The van der Waals surface area contributed by atoms with Crippen LogP contribution in [0.2, 0.25) is 5.02 Å². The number of aliphatic imine (C=N–C) groups is 1. The molecule has 2 heterocycles.